The van der Waals surface area contributed by atoms with Crippen LogP contribution in [0.15, 0.2) is 64.9 Å². The van der Waals surface area contributed by atoms with Gasteiger partial charge < -0.3 is 4.74 Å². The standard InChI is InChI=1S/C23H25N3O3/c1-18(27)21-11-10-20(22(16-21)24-25-26-14-6-3-7-15-26)12-13-23(28)29-17-19-8-4-2-5-9-19/h2,4-5,8-13,16H,3,6-7,14-15,17H2,1H3/b13-12+,25-24?. The third-order valence-electron chi connectivity index (χ3n) is 4.67. The normalized spacial score (nSPS) is 14.4. The van der Waals surface area contributed by atoms with Crippen LogP contribution in [0.5, 0.6) is 0 Å². The average Bonchev–Trinajstić information content (AvgIpc) is 2.76. The van der Waals surface area contributed by atoms with Gasteiger partial charge in [-0.15, -0.1) is 5.11 Å². The monoisotopic (exact) mass is 391 g/mol. The first-order chi connectivity index (χ1) is 14.1. The number of hydrogen-bond acceptors (Lipinski definition) is 5. The maximum atomic E-state index is 12.1. The van der Waals surface area contributed by atoms with Crippen molar-refractivity contribution in [2.24, 2.45) is 10.3 Å². The topological polar surface area (TPSA) is 71.3 Å². The van der Waals surface area contributed by atoms with Crippen LogP contribution in [0.2, 0.25) is 0 Å². The van der Waals surface area contributed by atoms with Crippen LogP contribution in [0.25, 0.3) is 6.08 Å². The van der Waals surface area contributed by atoms with Crippen LogP contribution < -0.4 is 0 Å². The molecule has 0 bridgehead atoms. The number of carbonyl (C=O) groups excluding carboxylic acids is 2. The molecule has 0 amide bonds. The predicted octanol–water partition coefficient (Wildman–Crippen LogP) is 5.13. The third-order valence-corrected chi connectivity index (χ3v) is 4.67. The zero-order valence-electron chi connectivity index (χ0n) is 16.6. The first-order valence-corrected chi connectivity index (χ1v) is 9.82. The van der Waals surface area contributed by atoms with Crippen molar-refractivity contribution in [3.8, 4) is 0 Å². The number of rotatable bonds is 7. The fourth-order valence-corrected chi connectivity index (χ4v) is 3.00. The van der Waals surface area contributed by atoms with Crippen molar-refractivity contribution in [3.05, 3.63) is 71.3 Å². The molecular weight excluding hydrogens is 366 g/mol. The molecule has 0 saturated carbocycles. The van der Waals surface area contributed by atoms with Gasteiger partial charge in [-0.1, -0.05) is 47.7 Å². The van der Waals surface area contributed by atoms with E-state index >= 15 is 0 Å². The van der Waals surface area contributed by atoms with E-state index < -0.39 is 5.97 Å². The molecule has 0 atom stereocenters. The van der Waals surface area contributed by atoms with E-state index in [2.05, 4.69) is 10.3 Å². The molecule has 0 spiro atoms. The summed E-state index contributed by atoms with van der Waals surface area (Å²) in [5.74, 6) is -0.486. The van der Waals surface area contributed by atoms with Gasteiger partial charge in [0.2, 0.25) is 0 Å². The summed E-state index contributed by atoms with van der Waals surface area (Å²) in [6, 6.07) is 14.7. The van der Waals surface area contributed by atoms with E-state index in [9.17, 15) is 9.59 Å². The first-order valence-electron chi connectivity index (χ1n) is 9.82. The molecule has 0 aliphatic carbocycles. The summed E-state index contributed by atoms with van der Waals surface area (Å²) >= 11 is 0. The Morgan fingerprint density at radius 3 is 2.55 bits per heavy atom. The van der Waals surface area contributed by atoms with Gasteiger partial charge in [0, 0.05) is 30.3 Å². The minimum Gasteiger partial charge on any atom is -0.458 e. The second-order valence-electron chi connectivity index (χ2n) is 6.96. The summed E-state index contributed by atoms with van der Waals surface area (Å²) in [4.78, 5) is 23.8. The summed E-state index contributed by atoms with van der Waals surface area (Å²) in [5.41, 5.74) is 2.74. The highest BCUT2D eigenvalue weighted by molar-refractivity contribution is 5.96. The molecule has 0 unspecified atom stereocenters. The number of Topliss-reactive ketones (excluding diaryl/α,β-unsaturated/α-hetero) is 1. The molecule has 1 saturated heterocycles. The molecule has 150 valence electrons. The number of carbonyl (C=O) groups is 2. The van der Waals surface area contributed by atoms with Crippen LogP contribution in [-0.2, 0) is 16.1 Å². The molecule has 0 radical (unpaired) electrons. The Hall–Kier alpha value is -3.28. The highest BCUT2D eigenvalue weighted by Gasteiger charge is 2.09. The van der Waals surface area contributed by atoms with Gasteiger partial charge in [0.25, 0.3) is 0 Å². The van der Waals surface area contributed by atoms with Crippen LogP contribution in [0.3, 0.4) is 0 Å². The van der Waals surface area contributed by atoms with E-state index in [1.807, 2.05) is 35.3 Å². The summed E-state index contributed by atoms with van der Waals surface area (Å²) in [7, 11) is 0. The number of nitrogens with zero attached hydrogens (tertiary/aromatic N) is 3. The predicted molar refractivity (Wildman–Crippen MR) is 112 cm³/mol. The van der Waals surface area contributed by atoms with Crippen LogP contribution >= 0.6 is 0 Å². The molecular formula is C23H25N3O3. The van der Waals surface area contributed by atoms with E-state index in [0.717, 1.165) is 31.5 Å². The SMILES string of the molecule is CC(=O)c1ccc(/C=C/C(=O)OCc2ccccc2)c(N=NN2CCCCC2)c1. The van der Waals surface area contributed by atoms with Gasteiger partial charge >= 0.3 is 5.97 Å². The molecule has 1 aliphatic heterocycles. The lowest BCUT2D eigenvalue weighted by Gasteiger charge is -2.21. The fourth-order valence-electron chi connectivity index (χ4n) is 3.00. The Morgan fingerprint density at radius 1 is 1.07 bits per heavy atom. The van der Waals surface area contributed by atoms with E-state index in [-0.39, 0.29) is 12.4 Å². The van der Waals surface area contributed by atoms with E-state index in [1.54, 1.807) is 24.3 Å². The first kappa shape index (κ1) is 20.5. The summed E-state index contributed by atoms with van der Waals surface area (Å²) in [5, 5.41) is 10.6. The maximum Gasteiger partial charge on any atom is 0.331 e. The molecule has 1 aliphatic rings. The van der Waals surface area contributed by atoms with E-state index in [1.165, 1.54) is 19.4 Å². The molecule has 1 fully saturated rings. The second-order valence-corrected chi connectivity index (χ2v) is 6.96. The fraction of sp³-hybridized carbons (Fsp3) is 0.304. The number of hydrogen-bond donors (Lipinski definition) is 0. The molecule has 0 aromatic heterocycles. The van der Waals surface area contributed by atoms with Gasteiger partial charge in [0.05, 0.1) is 5.69 Å². The highest BCUT2D eigenvalue weighted by Crippen LogP contribution is 2.24. The van der Waals surface area contributed by atoms with Crippen molar-refractivity contribution in [3.63, 3.8) is 0 Å². The average molecular weight is 391 g/mol. The summed E-state index contributed by atoms with van der Waals surface area (Å²) < 4.78 is 5.26. The van der Waals surface area contributed by atoms with Crippen molar-refractivity contribution in [1.29, 1.82) is 0 Å². The Balaban J connectivity index is 1.70. The molecule has 2 aromatic carbocycles. The quantitative estimate of drug-likeness (QED) is 0.284. The van der Waals surface area contributed by atoms with Gasteiger partial charge in [0.1, 0.15) is 6.61 Å². The number of ether oxygens (including phenoxy) is 1. The zero-order chi connectivity index (χ0) is 20.5. The van der Waals surface area contributed by atoms with Crippen molar-refractivity contribution in [2.45, 2.75) is 32.8 Å². The van der Waals surface area contributed by atoms with Crippen molar-refractivity contribution in [2.75, 3.05) is 13.1 Å². The Morgan fingerprint density at radius 2 is 1.83 bits per heavy atom. The van der Waals surface area contributed by atoms with Gasteiger partial charge in [0.15, 0.2) is 5.78 Å². The molecule has 0 N–H and O–H groups in total. The zero-order valence-corrected chi connectivity index (χ0v) is 16.6. The maximum absolute atomic E-state index is 12.1. The van der Waals surface area contributed by atoms with Crippen LogP contribution in [0, 0.1) is 0 Å². The second kappa shape index (κ2) is 10.3. The number of benzene rings is 2. The molecule has 2 aromatic rings. The minimum absolute atomic E-state index is 0.0442. The van der Waals surface area contributed by atoms with Gasteiger partial charge in [-0.3, -0.25) is 9.80 Å². The van der Waals surface area contributed by atoms with E-state index in [0.29, 0.717) is 16.8 Å². The Labute approximate surface area is 170 Å². The number of esters is 1. The smallest absolute Gasteiger partial charge is 0.331 e. The molecule has 6 nitrogen and oxygen atoms in total. The molecule has 3 rings (SSSR count). The van der Waals surface area contributed by atoms with Crippen molar-refractivity contribution < 1.29 is 14.3 Å². The van der Waals surface area contributed by atoms with Gasteiger partial charge in [-0.25, -0.2) is 4.79 Å². The lowest BCUT2D eigenvalue weighted by Crippen LogP contribution is -2.23. The lowest BCUT2D eigenvalue weighted by molar-refractivity contribution is -0.138. The summed E-state index contributed by atoms with van der Waals surface area (Å²) in [6.07, 6.45) is 6.43. The lowest BCUT2D eigenvalue weighted by atomic mass is 10.1. The van der Waals surface area contributed by atoms with Gasteiger partial charge in [-0.2, -0.15) is 0 Å². The van der Waals surface area contributed by atoms with Crippen LogP contribution in [0.1, 0.15) is 47.7 Å². The number of piperidine rings is 1. The minimum atomic E-state index is -0.441. The highest BCUT2D eigenvalue weighted by atomic mass is 16.5. The molecule has 1 heterocycles. The van der Waals surface area contributed by atoms with Crippen molar-refractivity contribution in [1.82, 2.24) is 5.01 Å². The van der Waals surface area contributed by atoms with Gasteiger partial charge in [-0.05, 0) is 43.9 Å². The summed E-state index contributed by atoms with van der Waals surface area (Å²) in [6.45, 7) is 3.49. The number of ketones is 1. The molecule has 6 heteroatoms. The largest absolute Gasteiger partial charge is 0.458 e. The molecule has 29 heavy (non-hydrogen) atoms. The van der Waals surface area contributed by atoms with Crippen LogP contribution in [0.4, 0.5) is 5.69 Å². The Kier molecular flexibility index (Phi) is 7.28. The van der Waals surface area contributed by atoms with Crippen molar-refractivity contribution >= 4 is 23.5 Å². The third kappa shape index (κ3) is 6.38. The van der Waals surface area contributed by atoms with E-state index in [4.69, 9.17) is 4.74 Å². The van der Waals surface area contributed by atoms with Crippen LogP contribution in [-0.4, -0.2) is 29.9 Å². The Bertz CT molecular complexity index is 901.